The van der Waals surface area contributed by atoms with Crippen molar-refractivity contribution in [2.75, 3.05) is 26.7 Å². The molecule has 0 aromatic carbocycles. The summed E-state index contributed by atoms with van der Waals surface area (Å²) >= 11 is 4.42. The molecule has 1 amide bonds. The summed E-state index contributed by atoms with van der Waals surface area (Å²) in [5, 5.41) is 0.271. The van der Waals surface area contributed by atoms with Crippen LogP contribution in [0, 0.1) is 5.41 Å². The Labute approximate surface area is 90.8 Å². The zero-order valence-electron chi connectivity index (χ0n) is 8.86. The van der Waals surface area contributed by atoms with E-state index in [1.807, 2.05) is 11.9 Å². The third kappa shape index (κ3) is 1.44. The highest BCUT2D eigenvalue weighted by molar-refractivity contribution is 7.80. The van der Waals surface area contributed by atoms with Gasteiger partial charge in [0.25, 0.3) is 0 Å². The molecule has 1 spiro atoms. The molecule has 0 radical (unpaired) electrons. The Morgan fingerprint density at radius 1 is 1.43 bits per heavy atom. The smallest absolute Gasteiger partial charge is 0.229 e. The lowest BCUT2D eigenvalue weighted by Gasteiger charge is -2.24. The van der Waals surface area contributed by atoms with Crippen molar-refractivity contribution in [2.45, 2.75) is 25.1 Å². The standard InChI is InChI=1S/C10H18N2OS/c1-8(14)12-6-4-10(7-12)3-5-11(2)9(10)13/h8,14H,3-7H2,1-2H3. The molecule has 2 aliphatic rings. The van der Waals surface area contributed by atoms with Crippen LogP contribution in [0.25, 0.3) is 0 Å². The lowest BCUT2D eigenvalue weighted by molar-refractivity contribution is -0.134. The van der Waals surface area contributed by atoms with Gasteiger partial charge in [0.2, 0.25) is 5.91 Å². The molecule has 80 valence electrons. The van der Waals surface area contributed by atoms with Gasteiger partial charge in [-0.05, 0) is 19.8 Å². The Bertz CT molecular complexity index is 257. The minimum atomic E-state index is -0.0637. The first-order chi connectivity index (χ1) is 6.55. The van der Waals surface area contributed by atoms with E-state index in [-0.39, 0.29) is 10.8 Å². The number of amides is 1. The van der Waals surface area contributed by atoms with Crippen LogP contribution in [0.1, 0.15) is 19.8 Å². The zero-order chi connectivity index (χ0) is 10.3. The lowest BCUT2D eigenvalue weighted by Crippen LogP contribution is -2.36. The van der Waals surface area contributed by atoms with E-state index in [0.29, 0.717) is 5.91 Å². The van der Waals surface area contributed by atoms with E-state index in [0.717, 1.165) is 32.5 Å². The fourth-order valence-corrected chi connectivity index (χ4v) is 2.79. The van der Waals surface area contributed by atoms with Gasteiger partial charge in [0.1, 0.15) is 0 Å². The molecule has 14 heavy (non-hydrogen) atoms. The summed E-state index contributed by atoms with van der Waals surface area (Å²) < 4.78 is 0. The molecule has 0 aromatic rings. The largest absolute Gasteiger partial charge is 0.345 e. The molecule has 2 heterocycles. The first-order valence-corrected chi connectivity index (χ1v) is 5.74. The number of hydrogen-bond acceptors (Lipinski definition) is 3. The second kappa shape index (κ2) is 3.42. The molecule has 2 atom stereocenters. The van der Waals surface area contributed by atoms with Crippen LogP contribution in [0.2, 0.25) is 0 Å². The third-order valence-corrected chi connectivity index (χ3v) is 3.96. The van der Waals surface area contributed by atoms with Crippen molar-refractivity contribution in [1.29, 1.82) is 0 Å². The van der Waals surface area contributed by atoms with Gasteiger partial charge in [0, 0.05) is 32.1 Å². The number of carbonyl (C=O) groups is 1. The van der Waals surface area contributed by atoms with Gasteiger partial charge in [-0.3, -0.25) is 9.69 Å². The monoisotopic (exact) mass is 214 g/mol. The number of thiol groups is 1. The Morgan fingerprint density at radius 2 is 2.07 bits per heavy atom. The molecule has 2 fully saturated rings. The number of hydrogen-bond donors (Lipinski definition) is 1. The summed E-state index contributed by atoms with van der Waals surface area (Å²) in [6, 6.07) is 0. The molecule has 0 saturated carbocycles. The maximum atomic E-state index is 12.0. The summed E-state index contributed by atoms with van der Waals surface area (Å²) in [7, 11) is 1.91. The first kappa shape index (κ1) is 10.3. The van der Waals surface area contributed by atoms with Gasteiger partial charge in [0.05, 0.1) is 5.41 Å². The predicted molar refractivity (Wildman–Crippen MR) is 59.3 cm³/mol. The van der Waals surface area contributed by atoms with Gasteiger partial charge in [-0.25, -0.2) is 0 Å². The maximum absolute atomic E-state index is 12.0. The van der Waals surface area contributed by atoms with Crippen LogP contribution in [0.3, 0.4) is 0 Å². The van der Waals surface area contributed by atoms with Crippen molar-refractivity contribution in [1.82, 2.24) is 9.80 Å². The quantitative estimate of drug-likeness (QED) is 0.653. The lowest BCUT2D eigenvalue weighted by atomic mass is 9.86. The minimum Gasteiger partial charge on any atom is -0.345 e. The molecule has 2 saturated heterocycles. The molecule has 3 nitrogen and oxygen atoms in total. The molecule has 2 aliphatic heterocycles. The second-order valence-corrected chi connectivity index (χ2v) is 5.36. The summed E-state index contributed by atoms with van der Waals surface area (Å²) in [5.41, 5.74) is -0.0637. The van der Waals surface area contributed by atoms with Gasteiger partial charge in [-0.1, -0.05) is 0 Å². The van der Waals surface area contributed by atoms with Crippen LogP contribution in [-0.4, -0.2) is 47.8 Å². The molecule has 2 rings (SSSR count). The first-order valence-electron chi connectivity index (χ1n) is 5.23. The van der Waals surface area contributed by atoms with E-state index in [1.165, 1.54) is 0 Å². The molecule has 0 N–H and O–H groups in total. The van der Waals surface area contributed by atoms with Crippen LogP contribution >= 0.6 is 12.6 Å². The highest BCUT2D eigenvalue weighted by Crippen LogP contribution is 2.40. The average molecular weight is 214 g/mol. The Balaban J connectivity index is 2.10. The SMILES string of the molecule is CC(S)N1CCC2(CCN(C)C2=O)C1. The van der Waals surface area contributed by atoms with Crippen molar-refractivity contribution in [3.8, 4) is 0 Å². The fourth-order valence-electron chi connectivity index (χ4n) is 2.60. The fraction of sp³-hybridized carbons (Fsp3) is 0.900. The minimum absolute atomic E-state index is 0.0637. The van der Waals surface area contributed by atoms with E-state index in [9.17, 15) is 4.79 Å². The van der Waals surface area contributed by atoms with E-state index >= 15 is 0 Å². The van der Waals surface area contributed by atoms with E-state index in [2.05, 4.69) is 24.5 Å². The Hall–Kier alpha value is -0.220. The van der Waals surface area contributed by atoms with Gasteiger partial charge in [0.15, 0.2) is 0 Å². The summed E-state index contributed by atoms with van der Waals surface area (Å²) in [4.78, 5) is 16.1. The van der Waals surface area contributed by atoms with Crippen LogP contribution in [0.4, 0.5) is 0 Å². The highest BCUT2D eigenvalue weighted by Gasteiger charge is 2.49. The van der Waals surface area contributed by atoms with Crippen molar-refractivity contribution in [2.24, 2.45) is 5.41 Å². The Kier molecular flexibility index (Phi) is 2.52. The van der Waals surface area contributed by atoms with E-state index < -0.39 is 0 Å². The summed E-state index contributed by atoms with van der Waals surface area (Å²) in [6.07, 6.45) is 2.04. The average Bonchev–Trinajstić information content (AvgIpc) is 2.68. The van der Waals surface area contributed by atoms with Crippen molar-refractivity contribution < 1.29 is 4.79 Å². The highest BCUT2D eigenvalue weighted by atomic mass is 32.1. The predicted octanol–water partition coefficient (Wildman–Crippen LogP) is 0.816. The summed E-state index contributed by atoms with van der Waals surface area (Å²) in [5.74, 6) is 0.342. The number of likely N-dealkylation sites (tertiary alicyclic amines) is 2. The van der Waals surface area contributed by atoms with Gasteiger partial charge in [-0.15, -0.1) is 0 Å². The van der Waals surface area contributed by atoms with Gasteiger partial charge in [-0.2, -0.15) is 12.6 Å². The van der Waals surface area contributed by atoms with Crippen molar-refractivity contribution >= 4 is 18.5 Å². The zero-order valence-corrected chi connectivity index (χ0v) is 9.76. The van der Waals surface area contributed by atoms with E-state index in [1.54, 1.807) is 0 Å². The molecule has 0 bridgehead atoms. The summed E-state index contributed by atoms with van der Waals surface area (Å²) in [6.45, 7) is 4.92. The third-order valence-electron chi connectivity index (χ3n) is 3.64. The number of carbonyl (C=O) groups excluding carboxylic acids is 1. The van der Waals surface area contributed by atoms with Gasteiger partial charge < -0.3 is 4.90 Å². The molecule has 2 unspecified atom stereocenters. The van der Waals surface area contributed by atoms with Crippen LogP contribution in [0.5, 0.6) is 0 Å². The van der Waals surface area contributed by atoms with Crippen molar-refractivity contribution in [3.63, 3.8) is 0 Å². The molecular weight excluding hydrogens is 196 g/mol. The van der Waals surface area contributed by atoms with Crippen LogP contribution < -0.4 is 0 Å². The van der Waals surface area contributed by atoms with Crippen LogP contribution in [-0.2, 0) is 4.79 Å². The normalized spacial score (nSPS) is 35.9. The number of rotatable bonds is 1. The Morgan fingerprint density at radius 3 is 2.50 bits per heavy atom. The van der Waals surface area contributed by atoms with Crippen LogP contribution in [0.15, 0.2) is 0 Å². The van der Waals surface area contributed by atoms with Gasteiger partial charge >= 0.3 is 0 Å². The maximum Gasteiger partial charge on any atom is 0.229 e. The topological polar surface area (TPSA) is 23.6 Å². The second-order valence-electron chi connectivity index (χ2n) is 4.61. The van der Waals surface area contributed by atoms with Crippen molar-refractivity contribution in [3.05, 3.63) is 0 Å². The molecule has 0 aromatic heterocycles. The molecule has 4 heteroatoms. The molecule has 0 aliphatic carbocycles. The number of nitrogens with zero attached hydrogens (tertiary/aromatic N) is 2. The van der Waals surface area contributed by atoms with E-state index in [4.69, 9.17) is 0 Å². The molecular formula is C10H18N2OS.